The minimum atomic E-state index is 0.237. The van der Waals surface area contributed by atoms with Crippen molar-refractivity contribution in [2.45, 2.75) is 58.7 Å². The van der Waals surface area contributed by atoms with Crippen LogP contribution in [0, 0.1) is 0 Å². The summed E-state index contributed by atoms with van der Waals surface area (Å²) in [5, 5.41) is 3.49. The minimum absolute atomic E-state index is 0.237. The molecule has 1 aliphatic rings. The van der Waals surface area contributed by atoms with Crippen molar-refractivity contribution in [3.63, 3.8) is 0 Å². The van der Waals surface area contributed by atoms with E-state index in [-0.39, 0.29) is 5.54 Å². The van der Waals surface area contributed by atoms with Crippen LogP contribution in [0.2, 0.25) is 0 Å². The van der Waals surface area contributed by atoms with Gasteiger partial charge in [-0.2, -0.15) is 0 Å². The maximum absolute atomic E-state index is 4.62. The Bertz CT molecular complexity index is 398. The summed E-state index contributed by atoms with van der Waals surface area (Å²) in [6.45, 7) is 11.0. The Kier molecular flexibility index (Phi) is 3.91. The summed E-state index contributed by atoms with van der Waals surface area (Å²) < 4.78 is 0. The molecule has 1 aliphatic heterocycles. The molecule has 3 heteroatoms. The van der Waals surface area contributed by atoms with Crippen LogP contribution in [0.25, 0.3) is 0 Å². The van der Waals surface area contributed by atoms with Crippen LogP contribution in [0.1, 0.15) is 46.1 Å². The molecule has 2 rings (SSSR count). The number of nitrogens with one attached hydrogen (secondary N) is 1. The van der Waals surface area contributed by atoms with E-state index in [1.165, 1.54) is 18.4 Å². The fourth-order valence-corrected chi connectivity index (χ4v) is 2.63. The lowest BCUT2D eigenvalue weighted by Gasteiger charge is -2.34. The van der Waals surface area contributed by atoms with E-state index >= 15 is 0 Å². The van der Waals surface area contributed by atoms with Crippen LogP contribution in [0.4, 0.5) is 5.82 Å². The smallest absolute Gasteiger partial charge is 0.133 e. The number of nitrogens with zero attached hydrogens (tertiary/aromatic N) is 2. The summed E-state index contributed by atoms with van der Waals surface area (Å²) in [4.78, 5) is 7.08. The number of hydrogen-bond acceptors (Lipinski definition) is 3. The van der Waals surface area contributed by atoms with E-state index in [0.29, 0.717) is 6.04 Å². The first kappa shape index (κ1) is 13.3. The molecule has 2 heterocycles. The molecule has 18 heavy (non-hydrogen) atoms. The van der Waals surface area contributed by atoms with Crippen molar-refractivity contribution in [1.29, 1.82) is 0 Å². The summed E-state index contributed by atoms with van der Waals surface area (Å²) in [5.41, 5.74) is 1.54. The second-order valence-corrected chi connectivity index (χ2v) is 6.09. The van der Waals surface area contributed by atoms with E-state index in [9.17, 15) is 0 Å². The summed E-state index contributed by atoms with van der Waals surface area (Å²) in [7, 11) is 0. The zero-order chi connectivity index (χ0) is 13.2. The van der Waals surface area contributed by atoms with Crippen LogP contribution >= 0.6 is 0 Å². The molecular weight excluding hydrogens is 222 g/mol. The standard InChI is InChI=1S/C15H25N3/c1-12(2)17-11-13-7-5-9-16-14(13)18-10-6-8-15(18,3)4/h5,7,9,12,17H,6,8,10-11H2,1-4H3. The van der Waals surface area contributed by atoms with Gasteiger partial charge in [0.2, 0.25) is 0 Å². The molecule has 0 amide bonds. The van der Waals surface area contributed by atoms with Crippen LogP contribution in [0.3, 0.4) is 0 Å². The Balaban J connectivity index is 2.22. The van der Waals surface area contributed by atoms with Gasteiger partial charge in [0.05, 0.1) is 0 Å². The second kappa shape index (κ2) is 5.27. The minimum Gasteiger partial charge on any atom is -0.351 e. The molecule has 0 bridgehead atoms. The molecule has 0 aliphatic carbocycles. The van der Waals surface area contributed by atoms with Crippen molar-refractivity contribution in [3.8, 4) is 0 Å². The predicted molar refractivity (Wildman–Crippen MR) is 76.9 cm³/mol. The van der Waals surface area contributed by atoms with Gasteiger partial charge in [0.25, 0.3) is 0 Å². The normalized spacial score (nSPS) is 18.6. The molecule has 0 spiro atoms. The lowest BCUT2D eigenvalue weighted by atomic mass is 10.0. The van der Waals surface area contributed by atoms with Gasteiger partial charge in [-0.05, 0) is 32.8 Å². The molecule has 1 saturated heterocycles. The fraction of sp³-hybridized carbons (Fsp3) is 0.667. The van der Waals surface area contributed by atoms with E-state index in [0.717, 1.165) is 18.9 Å². The quantitative estimate of drug-likeness (QED) is 0.886. The molecule has 1 aromatic rings. The average molecular weight is 247 g/mol. The van der Waals surface area contributed by atoms with Gasteiger partial charge in [-0.1, -0.05) is 19.9 Å². The predicted octanol–water partition coefficient (Wildman–Crippen LogP) is 2.96. The zero-order valence-electron chi connectivity index (χ0n) is 12.0. The molecule has 0 atom stereocenters. The summed E-state index contributed by atoms with van der Waals surface area (Å²) in [6, 6.07) is 4.72. The Morgan fingerprint density at radius 2 is 2.22 bits per heavy atom. The van der Waals surface area contributed by atoms with Gasteiger partial charge in [-0.25, -0.2) is 4.98 Å². The fourth-order valence-electron chi connectivity index (χ4n) is 2.63. The highest BCUT2D eigenvalue weighted by atomic mass is 15.3. The molecule has 1 fully saturated rings. The van der Waals surface area contributed by atoms with Crippen molar-refractivity contribution in [2.24, 2.45) is 0 Å². The average Bonchev–Trinajstić information content (AvgIpc) is 2.66. The lowest BCUT2D eigenvalue weighted by molar-refractivity contribution is 0.510. The largest absolute Gasteiger partial charge is 0.351 e. The van der Waals surface area contributed by atoms with Crippen molar-refractivity contribution in [3.05, 3.63) is 23.9 Å². The van der Waals surface area contributed by atoms with Gasteiger partial charge >= 0.3 is 0 Å². The monoisotopic (exact) mass is 247 g/mol. The molecule has 0 radical (unpaired) electrons. The maximum atomic E-state index is 4.62. The van der Waals surface area contributed by atoms with Crippen molar-refractivity contribution < 1.29 is 0 Å². The first-order chi connectivity index (χ1) is 8.50. The van der Waals surface area contributed by atoms with E-state index in [2.05, 4.69) is 49.0 Å². The van der Waals surface area contributed by atoms with Gasteiger partial charge in [0.1, 0.15) is 5.82 Å². The first-order valence-electron chi connectivity index (χ1n) is 6.95. The molecule has 1 N–H and O–H groups in total. The van der Waals surface area contributed by atoms with Gasteiger partial charge in [-0.3, -0.25) is 0 Å². The number of anilines is 1. The highest BCUT2D eigenvalue weighted by Crippen LogP contribution is 2.33. The van der Waals surface area contributed by atoms with Crippen LogP contribution in [0.5, 0.6) is 0 Å². The van der Waals surface area contributed by atoms with E-state index < -0.39 is 0 Å². The Morgan fingerprint density at radius 3 is 2.83 bits per heavy atom. The van der Waals surface area contributed by atoms with E-state index in [4.69, 9.17) is 0 Å². The van der Waals surface area contributed by atoms with Crippen molar-refractivity contribution >= 4 is 5.82 Å². The summed E-state index contributed by atoms with van der Waals surface area (Å²) in [6.07, 6.45) is 4.42. The van der Waals surface area contributed by atoms with Crippen LogP contribution in [-0.2, 0) is 6.54 Å². The number of rotatable bonds is 4. The summed E-state index contributed by atoms with van der Waals surface area (Å²) in [5.74, 6) is 1.16. The molecule has 0 unspecified atom stereocenters. The first-order valence-corrected chi connectivity index (χ1v) is 6.95. The SMILES string of the molecule is CC(C)NCc1cccnc1N1CCCC1(C)C. The summed E-state index contributed by atoms with van der Waals surface area (Å²) >= 11 is 0. The Morgan fingerprint density at radius 1 is 1.44 bits per heavy atom. The highest BCUT2D eigenvalue weighted by Gasteiger charge is 2.33. The number of hydrogen-bond donors (Lipinski definition) is 1. The van der Waals surface area contributed by atoms with Gasteiger partial charge in [0.15, 0.2) is 0 Å². The second-order valence-electron chi connectivity index (χ2n) is 6.09. The molecule has 100 valence electrons. The van der Waals surface area contributed by atoms with Crippen molar-refractivity contribution in [1.82, 2.24) is 10.3 Å². The van der Waals surface area contributed by atoms with Crippen LogP contribution in [0.15, 0.2) is 18.3 Å². The zero-order valence-corrected chi connectivity index (χ0v) is 12.0. The van der Waals surface area contributed by atoms with E-state index in [1.807, 2.05) is 12.3 Å². The Labute approximate surface area is 111 Å². The highest BCUT2D eigenvalue weighted by molar-refractivity contribution is 5.50. The molecule has 0 aromatic carbocycles. The van der Waals surface area contributed by atoms with Crippen LogP contribution in [-0.4, -0.2) is 23.1 Å². The van der Waals surface area contributed by atoms with Gasteiger partial charge < -0.3 is 10.2 Å². The third-order valence-corrected chi connectivity index (χ3v) is 3.72. The molecule has 3 nitrogen and oxygen atoms in total. The third-order valence-electron chi connectivity index (χ3n) is 3.72. The maximum Gasteiger partial charge on any atom is 0.133 e. The lowest BCUT2D eigenvalue weighted by Crippen LogP contribution is -2.39. The van der Waals surface area contributed by atoms with Gasteiger partial charge in [0, 0.05) is 36.4 Å². The van der Waals surface area contributed by atoms with E-state index in [1.54, 1.807) is 0 Å². The van der Waals surface area contributed by atoms with Gasteiger partial charge in [-0.15, -0.1) is 0 Å². The van der Waals surface area contributed by atoms with Crippen molar-refractivity contribution in [2.75, 3.05) is 11.4 Å². The number of pyridine rings is 1. The third kappa shape index (κ3) is 2.83. The molecular formula is C15H25N3. The van der Waals surface area contributed by atoms with Crippen LogP contribution < -0.4 is 10.2 Å². The molecule has 1 aromatic heterocycles. The topological polar surface area (TPSA) is 28.2 Å². The number of aromatic nitrogens is 1. The Hall–Kier alpha value is -1.09. The molecule has 0 saturated carbocycles.